The number of hydrogen-bond acceptors (Lipinski definition) is 2. The van der Waals surface area contributed by atoms with Crippen molar-refractivity contribution >= 4 is 38.1 Å². The Morgan fingerprint density at radius 1 is 1.78 bits per heavy atom. The predicted octanol–water partition coefficient (Wildman–Crippen LogP) is 1.58. The SMILES string of the molecule is O=CC1(Br)OC=CC1Br. The number of ether oxygens (including phenoxy) is 1. The normalized spacial score (nSPS) is 40.4. The highest BCUT2D eigenvalue weighted by Crippen LogP contribution is 2.33. The van der Waals surface area contributed by atoms with Crippen LogP contribution in [0, 0.1) is 0 Å². The van der Waals surface area contributed by atoms with Crippen LogP contribution in [-0.2, 0) is 9.53 Å². The molecule has 9 heavy (non-hydrogen) atoms. The van der Waals surface area contributed by atoms with E-state index >= 15 is 0 Å². The van der Waals surface area contributed by atoms with Crippen LogP contribution in [0.15, 0.2) is 12.3 Å². The molecule has 1 heterocycles. The van der Waals surface area contributed by atoms with E-state index in [4.69, 9.17) is 4.74 Å². The fourth-order valence-corrected chi connectivity index (χ4v) is 1.10. The molecule has 0 spiro atoms. The van der Waals surface area contributed by atoms with Gasteiger partial charge < -0.3 is 4.74 Å². The summed E-state index contributed by atoms with van der Waals surface area (Å²) >= 11 is 6.34. The zero-order chi connectivity index (χ0) is 6.91. The van der Waals surface area contributed by atoms with Crippen molar-refractivity contribution in [3.63, 3.8) is 0 Å². The third-order valence-corrected chi connectivity index (χ3v) is 3.50. The van der Waals surface area contributed by atoms with E-state index in [1.807, 2.05) is 0 Å². The Balaban J connectivity index is 2.73. The second-order valence-electron chi connectivity index (χ2n) is 1.66. The van der Waals surface area contributed by atoms with Gasteiger partial charge in [-0.25, -0.2) is 0 Å². The summed E-state index contributed by atoms with van der Waals surface area (Å²) in [5.74, 6) is 0. The van der Waals surface area contributed by atoms with Crippen LogP contribution >= 0.6 is 31.9 Å². The van der Waals surface area contributed by atoms with Crippen LogP contribution < -0.4 is 0 Å². The molecule has 0 aliphatic carbocycles. The second-order valence-corrected chi connectivity index (χ2v) is 3.89. The van der Waals surface area contributed by atoms with Crippen molar-refractivity contribution in [2.24, 2.45) is 0 Å². The van der Waals surface area contributed by atoms with Gasteiger partial charge in [-0.15, -0.1) is 0 Å². The molecular formula is C5H4Br2O2. The summed E-state index contributed by atoms with van der Waals surface area (Å²) in [6.07, 6.45) is 3.96. The van der Waals surface area contributed by atoms with Crippen LogP contribution in [0.2, 0.25) is 0 Å². The molecule has 1 aliphatic rings. The van der Waals surface area contributed by atoms with Crippen molar-refractivity contribution in [3.8, 4) is 0 Å². The molecule has 0 N–H and O–H groups in total. The molecule has 0 bridgehead atoms. The first-order chi connectivity index (χ1) is 4.19. The van der Waals surface area contributed by atoms with E-state index in [1.54, 1.807) is 6.08 Å². The van der Waals surface area contributed by atoms with Crippen molar-refractivity contribution in [3.05, 3.63) is 12.3 Å². The first-order valence-electron chi connectivity index (χ1n) is 2.33. The molecule has 2 nitrogen and oxygen atoms in total. The van der Waals surface area contributed by atoms with Gasteiger partial charge in [0, 0.05) is 0 Å². The molecule has 1 rings (SSSR count). The molecular weight excluding hydrogens is 252 g/mol. The zero-order valence-corrected chi connectivity index (χ0v) is 7.55. The number of carbonyl (C=O) groups is 1. The van der Waals surface area contributed by atoms with Crippen LogP contribution in [0.4, 0.5) is 0 Å². The van der Waals surface area contributed by atoms with Gasteiger partial charge in [0.2, 0.25) is 4.51 Å². The smallest absolute Gasteiger partial charge is 0.232 e. The van der Waals surface area contributed by atoms with Gasteiger partial charge in [-0.3, -0.25) is 4.79 Å². The minimum absolute atomic E-state index is 0.0671. The molecule has 0 aromatic rings. The first kappa shape index (κ1) is 7.28. The summed E-state index contributed by atoms with van der Waals surface area (Å²) in [5.41, 5.74) is 0. The maximum atomic E-state index is 10.3. The highest BCUT2D eigenvalue weighted by molar-refractivity contribution is 9.12. The van der Waals surface area contributed by atoms with E-state index in [0.29, 0.717) is 6.29 Å². The van der Waals surface area contributed by atoms with Gasteiger partial charge in [0.25, 0.3) is 0 Å². The lowest BCUT2D eigenvalue weighted by Crippen LogP contribution is -2.30. The van der Waals surface area contributed by atoms with Gasteiger partial charge in [0.15, 0.2) is 6.29 Å². The van der Waals surface area contributed by atoms with E-state index < -0.39 is 4.51 Å². The van der Waals surface area contributed by atoms with Crippen molar-refractivity contribution in [1.29, 1.82) is 0 Å². The fraction of sp³-hybridized carbons (Fsp3) is 0.400. The lowest BCUT2D eigenvalue weighted by Gasteiger charge is -2.16. The lowest BCUT2D eigenvalue weighted by molar-refractivity contribution is -0.115. The van der Waals surface area contributed by atoms with E-state index in [0.717, 1.165) is 0 Å². The second kappa shape index (κ2) is 2.42. The molecule has 0 aromatic heterocycles. The molecule has 0 aromatic carbocycles. The first-order valence-corrected chi connectivity index (χ1v) is 4.04. The maximum Gasteiger partial charge on any atom is 0.232 e. The summed E-state index contributed by atoms with van der Waals surface area (Å²) in [7, 11) is 0. The highest BCUT2D eigenvalue weighted by atomic mass is 79.9. The standard InChI is InChI=1S/C5H4Br2O2/c6-4-1-2-9-5(4,7)3-8/h1-4H. The van der Waals surface area contributed by atoms with Crippen LogP contribution in [0.3, 0.4) is 0 Å². The molecule has 2 unspecified atom stereocenters. The van der Waals surface area contributed by atoms with Crippen molar-refractivity contribution in [1.82, 2.24) is 0 Å². The summed E-state index contributed by atoms with van der Waals surface area (Å²) in [4.78, 5) is 10.2. The number of hydrogen-bond donors (Lipinski definition) is 0. The summed E-state index contributed by atoms with van der Waals surface area (Å²) in [6.45, 7) is 0. The molecule has 1 aliphatic heterocycles. The Kier molecular flexibility index (Phi) is 1.96. The van der Waals surface area contributed by atoms with Crippen LogP contribution in [0.5, 0.6) is 0 Å². The molecule has 0 saturated carbocycles. The number of rotatable bonds is 1. The van der Waals surface area contributed by atoms with Gasteiger partial charge in [-0.2, -0.15) is 0 Å². The molecule has 0 saturated heterocycles. The summed E-state index contributed by atoms with van der Waals surface area (Å²) in [5, 5.41) is 0. The predicted molar refractivity (Wildman–Crippen MR) is 40.7 cm³/mol. The van der Waals surface area contributed by atoms with Crippen LogP contribution in [0.1, 0.15) is 0 Å². The summed E-state index contributed by atoms with van der Waals surface area (Å²) in [6, 6.07) is 0. The number of aldehydes is 1. The molecule has 50 valence electrons. The van der Waals surface area contributed by atoms with E-state index in [-0.39, 0.29) is 4.83 Å². The van der Waals surface area contributed by atoms with E-state index in [9.17, 15) is 4.79 Å². The average Bonchev–Trinajstić information content (AvgIpc) is 2.15. The van der Waals surface area contributed by atoms with Crippen molar-refractivity contribution < 1.29 is 9.53 Å². The molecule has 0 radical (unpaired) electrons. The summed E-state index contributed by atoms with van der Waals surface area (Å²) < 4.78 is 4.05. The maximum absolute atomic E-state index is 10.3. The fourth-order valence-electron chi connectivity index (χ4n) is 0.502. The molecule has 2 atom stereocenters. The van der Waals surface area contributed by atoms with E-state index in [2.05, 4.69) is 31.9 Å². The van der Waals surface area contributed by atoms with Gasteiger partial charge in [0.1, 0.15) is 0 Å². The Labute approximate surface area is 69.5 Å². The van der Waals surface area contributed by atoms with Crippen molar-refractivity contribution in [2.45, 2.75) is 9.34 Å². The van der Waals surface area contributed by atoms with Gasteiger partial charge in [-0.1, -0.05) is 15.9 Å². The monoisotopic (exact) mass is 254 g/mol. The lowest BCUT2D eigenvalue weighted by atomic mass is 10.3. The largest absolute Gasteiger partial charge is 0.475 e. The Morgan fingerprint density at radius 2 is 2.44 bits per heavy atom. The van der Waals surface area contributed by atoms with Gasteiger partial charge in [-0.05, 0) is 22.0 Å². The zero-order valence-electron chi connectivity index (χ0n) is 4.38. The van der Waals surface area contributed by atoms with Gasteiger partial charge >= 0.3 is 0 Å². The average molecular weight is 256 g/mol. The van der Waals surface area contributed by atoms with Gasteiger partial charge in [0.05, 0.1) is 11.1 Å². The quantitative estimate of drug-likeness (QED) is 0.526. The minimum atomic E-state index is -0.868. The van der Waals surface area contributed by atoms with Crippen molar-refractivity contribution in [2.75, 3.05) is 0 Å². The number of carbonyl (C=O) groups excluding carboxylic acids is 1. The molecule has 0 fully saturated rings. The van der Waals surface area contributed by atoms with E-state index in [1.165, 1.54) is 6.26 Å². The third kappa shape index (κ3) is 1.19. The molecule has 4 heteroatoms. The topological polar surface area (TPSA) is 26.3 Å². The number of alkyl halides is 2. The Hall–Kier alpha value is 0.170. The number of halogens is 2. The molecule has 0 amide bonds. The third-order valence-electron chi connectivity index (χ3n) is 1.03. The van der Waals surface area contributed by atoms with Crippen LogP contribution in [0.25, 0.3) is 0 Å². The minimum Gasteiger partial charge on any atom is -0.475 e. The Morgan fingerprint density at radius 3 is 2.67 bits per heavy atom. The highest BCUT2D eigenvalue weighted by Gasteiger charge is 2.37. The Bertz CT molecular complexity index is 157. The van der Waals surface area contributed by atoms with Crippen LogP contribution in [-0.4, -0.2) is 15.6 Å².